The van der Waals surface area contributed by atoms with E-state index < -0.39 is 23.9 Å². The zero-order chi connectivity index (χ0) is 14.1. The summed E-state index contributed by atoms with van der Waals surface area (Å²) in [6.45, 7) is 3.76. The Hall–Kier alpha value is -1.85. The van der Waals surface area contributed by atoms with E-state index >= 15 is 0 Å². The van der Waals surface area contributed by atoms with Gasteiger partial charge in [-0.3, -0.25) is 9.59 Å². The molecule has 0 aromatic carbocycles. The second kappa shape index (κ2) is 8.27. The molecule has 0 saturated heterocycles. The zero-order valence-corrected chi connectivity index (χ0v) is 10.6. The second-order valence-electron chi connectivity index (χ2n) is 4.07. The monoisotopic (exact) mass is 257 g/mol. The van der Waals surface area contributed by atoms with Gasteiger partial charge in [0.2, 0.25) is 5.91 Å². The summed E-state index contributed by atoms with van der Waals surface area (Å²) in [5, 5.41) is 19.6. The molecule has 0 spiro atoms. The van der Waals surface area contributed by atoms with Crippen LogP contribution in [0.25, 0.3) is 0 Å². The van der Waals surface area contributed by atoms with Crippen molar-refractivity contribution in [3.63, 3.8) is 0 Å². The summed E-state index contributed by atoms with van der Waals surface area (Å²) in [6.07, 6.45) is 2.59. The Balaban J connectivity index is 4.41. The van der Waals surface area contributed by atoms with E-state index in [1.54, 1.807) is 6.92 Å². The van der Waals surface area contributed by atoms with Gasteiger partial charge in [0.15, 0.2) is 0 Å². The number of carbonyl (C=O) groups excluding carboxylic acids is 1. The lowest BCUT2D eigenvalue weighted by Gasteiger charge is -2.12. The lowest BCUT2D eigenvalue weighted by atomic mass is 10.1. The van der Waals surface area contributed by atoms with Gasteiger partial charge in [-0.2, -0.15) is 0 Å². The number of rotatable bonds is 8. The van der Waals surface area contributed by atoms with E-state index in [1.807, 2.05) is 6.92 Å². The highest BCUT2D eigenvalue weighted by Gasteiger charge is 2.19. The highest BCUT2D eigenvalue weighted by atomic mass is 16.4. The normalized spacial score (nSPS) is 12.9. The summed E-state index contributed by atoms with van der Waals surface area (Å²) < 4.78 is 0. The van der Waals surface area contributed by atoms with Crippen molar-refractivity contribution in [2.24, 2.45) is 0 Å². The second-order valence-corrected chi connectivity index (χ2v) is 4.07. The van der Waals surface area contributed by atoms with Gasteiger partial charge in [-0.05, 0) is 19.8 Å². The van der Waals surface area contributed by atoms with E-state index in [0.29, 0.717) is 0 Å². The van der Waals surface area contributed by atoms with Gasteiger partial charge < -0.3 is 15.5 Å². The molecule has 0 aliphatic carbocycles. The van der Waals surface area contributed by atoms with Crippen LogP contribution in [0.5, 0.6) is 0 Å². The van der Waals surface area contributed by atoms with Crippen molar-refractivity contribution in [2.75, 3.05) is 0 Å². The molecule has 1 amide bonds. The minimum atomic E-state index is -1.23. The Kier molecular flexibility index (Phi) is 7.42. The number of nitrogens with one attached hydrogen (secondary N) is 1. The van der Waals surface area contributed by atoms with Crippen LogP contribution in [0.15, 0.2) is 11.6 Å². The molecule has 6 nitrogen and oxygen atoms in total. The largest absolute Gasteiger partial charge is 0.481 e. The van der Waals surface area contributed by atoms with Crippen molar-refractivity contribution in [2.45, 2.75) is 45.6 Å². The Morgan fingerprint density at radius 2 is 1.83 bits per heavy atom. The molecule has 0 aliphatic rings. The van der Waals surface area contributed by atoms with Gasteiger partial charge in [0.1, 0.15) is 6.04 Å². The molecule has 0 aromatic heterocycles. The molecule has 0 saturated carbocycles. The number of hydrogen-bond donors (Lipinski definition) is 3. The quantitative estimate of drug-likeness (QED) is 0.566. The zero-order valence-electron chi connectivity index (χ0n) is 10.6. The maximum absolute atomic E-state index is 11.5. The first-order chi connectivity index (χ1) is 8.36. The van der Waals surface area contributed by atoms with Crippen molar-refractivity contribution >= 4 is 17.8 Å². The van der Waals surface area contributed by atoms with E-state index in [4.69, 9.17) is 10.2 Å². The summed E-state index contributed by atoms with van der Waals surface area (Å²) in [6, 6.07) is -1.17. The van der Waals surface area contributed by atoms with Crippen LogP contribution in [0, 0.1) is 0 Å². The summed E-state index contributed by atoms with van der Waals surface area (Å²) in [5.41, 5.74) is 0.859. The van der Waals surface area contributed by atoms with Gasteiger partial charge in [0.05, 0.1) is 0 Å². The number of carboxylic acid groups (broad SMARTS) is 2. The highest BCUT2D eigenvalue weighted by Crippen LogP contribution is 2.03. The van der Waals surface area contributed by atoms with Crippen LogP contribution in [-0.4, -0.2) is 34.1 Å². The Labute approximate surface area is 106 Å². The van der Waals surface area contributed by atoms with E-state index in [9.17, 15) is 14.4 Å². The molecule has 0 heterocycles. The summed E-state index contributed by atoms with van der Waals surface area (Å²) in [5.74, 6) is -2.82. The average molecular weight is 257 g/mol. The number of hydrogen-bond acceptors (Lipinski definition) is 3. The smallest absolute Gasteiger partial charge is 0.326 e. The van der Waals surface area contributed by atoms with Crippen LogP contribution in [-0.2, 0) is 14.4 Å². The van der Waals surface area contributed by atoms with Crippen LogP contribution in [0.4, 0.5) is 0 Å². The van der Waals surface area contributed by atoms with E-state index in [-0.39, 0.29) is 12.8 Å². The first kappa shape index (κ1) is 16.1. The maximum atomic E-state index is 11.5. The fourth-order valence-corrected chi connectivity index (χ4v) is 1.43. The van der Waals surface area contributed by atoms with Gasteiger partial charge in [-0.1, -0.05) is 18.9 Å². The average Bonchev–Trinajstić information content (AvgIpc) is 2.23. The lowest BCUT2D eigenvalue weighted by Crippen LogP contribution is -2.40. The molecule has 0 rings (SSSR count). The third-order valence-corrected chi connectivity index (χ3v) is 2.28. The number of allylic oxidation sites excluding steroid dienone is 1. The Bertz CT molecular complexity index is 348. The van der Waals surface area contributed by atoms with Crippen LogP contribution < -0.4 is 5.32 Å². The molecule has 6 heteroatoms. The molecular weight excluding hydrogens is 238 g/mol. The number of carbonyl (C=O) groups is 3. The van der Waals surface area contributed by atoms with Crippen molar-refractivity contribution in [3.05, 3.63) is 11.6 Å². The fraction of sp³-hybridized carbons (Fsp3) is 0.583. The molecule has 3 N–H and O–H groups in total. The first-order valence-corrected chi connectivity index (χ1v) is 5.79. The van der Waals surface area contributed by atoms with Gasteiger partial charge in [-0.15, -0.1) is 0 Å². The standard InChI is InChI=1S/C12H19NO5/c1-3-4-8(2)7-10(14)13-9(12(17)18)5-6-11(15)16/h7,9H,3-6H2,1-2H3,(H,13,14)(H,15,16)(H,17,18)/t9-/m0/s1. The summed E-state index contributed by atoms with van der Waals surface area (Å²) in [7, 11) is 0. The van der Waals surface area contributed by atoms with Gasteiger partial charge in [0.25, 0.3) is 0 Å². The third-order valence-electron chi connectivity index (χ3n) is 2.28. The number of carboxylic acids is 2. The predicted octanol–water partition coefficient (Wildman–Crippen LogP) is 1.17. The molecule has 0 aliphatic heterocycles. The fourth-order valence-electron chi connectivity index (χ4n) is 1.43. The van der Waals surface area contributed by atoms with Crippen molar-refractivity contribution in [3.8, 4) is 0 Å². The topological polar surface area (TPSA) is 104 Å². The molecular formula is C12H19NO5. The minimum absolute atomic E-state index is 0.128. The van der Waals surface area contributed by atoms with E-state index in [1.165, 1.54) is 6.08 Å². The van der Waals surface area contributed by atoms with Crippen LogP contribution in [0.3, 0.4) is 0 Å². The number of amides is 1. The first-order valence-electron chi connectivity index (χ1n) is 5.79. The van der Waals surface area contributed by atoms with Gasteiger partial charge in [0, 0.05) is 12.5 Å². The van der Waals surface area contributed by atoms with Crippen molar-refractivity contribution in [1.82, 2.24) is 5.32 Å². The Morgan fingerprint density at radius 1 is 1.22 bits per heavy atom. The van der Waals surface area contributed by atoms with Crippen LogP contribution in [0.1, 0.15) is 39.5 Å². The highest BCUT2D eigenvalue weighted by molar-refractivity contribution is 5.91. The minimum Gasteiger partial charge on any atom is -0.481 e. The third kappa shape index (κ3) is 7.43. The molecule has 1 atom stereocenters. The summed E-state index contributed by atoms with van der Waals surface area (Å²) >= 11 is 0. The molecule has 0 unspecified atom stereocenters. The van der Waals surface area contributed by atoms with Crippen LogP contribution in [0.2, 0.25) is 0 Å². The van der Waals surface area contributed by atoms with Gasteiger partial charge >= 0.3 is 11.9 Å². The van der Waals surface area contributed by atoms with E-state index in [0.717, 1.165) is 18.4 Å². The molecule has 0 fully saturated rings. The molecule has 0 bridgehead atoms. The maximum Gasteiger partial charge on any atom is 0.326 e. The lowest BCUT2D eigenvalue weighted by molar-refractivity contribution is -0.142. The number of aliphatic carboxylic acids is 2. The van der Waals surface area contributed by atoms with Crippen molar-refractivity contribution in [1.29, 1.82) is 0 Å². The molecule has 0 aromatic rings. The van der Waals surface area contributed by atoms with Crippen LogP contribution >= 0.6 is 0 Å². The molecule has 102 valence electrons. The Morgan fingerprint density at radius 3 is 2.28 bits per heavy atom. The van der Waals surface area contributed by atoms with Gasteiger partial charge in [-0.25, -0.2) is 4.79 Å². The van der Waals surface area contributed by atoms with E-state index in [2.05, 4.69) is 5.32 Å². The van der Waals surface area contributed by atoms with Crippen molar-refractivity contribution < 1.29 is 24.6 Å². The summed E-state index contributed by atoms with van der Waals surface area (Å²) in [4.78, 5) is 32.7. The molecule has 0 radical (unpaired) electrons. The predicted molar refractivity (Wildman–Crippen MR) is 65.1 cm³/mol. The SMILES string of the molecule is CCCC(C)=CC(=O)N[C@@H](CCC(=O)O)C(=O)O. The molecule has 18 heavy (non-hydrogen) atoms.